The normalized spacial score (nSPS) is 11.0. The van der Waals surface area contributed by atoms with Crippen LogP contribution in [0.15, 0.2) is 24.3 Å². The van der Waals surface area contributed by atoms with E-state index in [2.05, 4.69) is 11.2 Å². The van der Waals surface area contributed by atoms with Gasteiger partial charge in [0.2, 0.25) is 0 Å². The van der Waals surface area contributed by atoms with Crippen molar-refractivity contribution in [3.8, 4) is 18.4 Å². The maximum absolute atomic E-state index is 11.9. The second-order valence-electron chi connectivity index (χ2n) is 3.68. The number of hydrogen-bond acceptors (Lipinski definition) is 2. The van der Waals surface area contributed by atoms with E-state index in [9.17, 15) is 4.79 Å². The molecule has 1 amide bonds. The van der Waals surface area contributed by atoms with Crippen LogP contribution in [0.4, 0.5) is 0 Å². The Morgan fingerprint density at radius 3 is 2.94 bits per heavy atom. The summed E-state index contributed by atoms with van der Waals surface area (Å²) in [6.07, 6.45) is 6.52. The van der Waals surface area contributed by atoms with Crippen molar-refractivity contribution >= 4 is 5.91 Å². The number of nitriles is 1. The minimum atomic E-state index is -0.191. The Balaban J connectivity index is 2.76. The number of nitrogens with zero attached hydrogens (tertiary/aromatic N) is 1. The number of rotatable bonds is 4. The Kier molecular flexibility index (Phi) is 4.78. The predicted molar refractivity (Wildman–Crippen MR) is 66.2 cm³/mol. The van der Waals surface area contributed by atoms with Gasteiger partial charge in [0, 0.05) is 18.0 Å². The first kappa shape index (κ1) is 12.8. The summed E-state index contributed by atoms with van der Waals surface area (Å²) < 4.78 is 0. The van der Waals surface area contributed by atoms with E-state index in [1.165, 1.54) is 0 Å². The van der Waals surface area contributed by atoms with Gasteiger partial charge in [-0.05, 0) is 24.6 Å². The monoisotopic (exact) mass is 226 g/mol. The van der Waals surface area contributed by atoms with E-state index in [0.29, 0.717) is 17.5 Å². The van der Waals surface area contributed by atoms with Gasteiger partial charge in [-0.3, -0.25) is 4.79 Å². The summed E-state index contributed by atoms with van der Waals surface area (Å²) in [5.41, 5.74) is 0.960. The number of nitrogens with one attached hydrogen (secondary N) is 1. The Morgan fingerprint density at radius 1 is 1.59 bits per heavy atom. The zero-order valence-electron chi connectivity index (χ0n) is 9.73. The lowest BCUT2D eigenvalue weighted by atomic mass is 10.1. The van der Waals surface area contributed by atoms with Gasteiger partial charge >= 0.3 is 0 Å². The van der Waals surface area contributed by atoms with Crippen LogP contribution >= 0.6 is 0 Å². The fourth-order valence-corrected chi connectivity index (χ4v) is 1.44. The second kappa shape index (κ2) is 6.35. The van der Waals surface area contributed by atoms with Gasteiger partial charge in [0.05, 0.1) is 11.6 Å². The first-order valence-corrected chi connectivity index (χ1v) is 5.45. The molecule has 1 aromatic carbocycles. The first-order valence-electron chi connectivity index (χ1n) is 5.45. The molecule has 1 unspecified atom stereocenters. The predicted octanol–water partition coefficient (Wildman–Crippen LogP) is 2.09. The summed E-state index contributed by atoms with van der Waals surface area (Å²) in [5, 5.41) is 11.6. The third kappa shape index (κ3) is 3.66. The molecule has 0 aliphatic rings. The summed E-state index contributed by atoms with van der Waals surface area (Å²) >= 11 is 0. The maximum atomic E-state index is 11.9. The number of hydrogen-bond donors (Lipinski definition) is 1. The molecular weight excluding hydrogens is 212 g/mol. The number of carbonyl (C=O) groups is 1. The molecule has 86 valence electrons. The van der Waals surface area contributed by atoms with Gasteiger partial charge in [0.25, 0.3) is 5.91 Å². The zero-order valence-corrected chi connectivity index (χ0v) is 9.73. The summed E-state index contributed by atoms with van der Waals surface area (Å²) in [5.74, 6) is 2.34. The number of terminal acetylenes is 1. The number of amides is 1. The van der Waals surface area contributed by atoms with Crippen LogP contribution in [0.5, 0.6) is 0 Å². The highest BCUT2D eigenvalue weighted by Gasteiger charge is 2.11. The Morgan fingerprint density at radius 2 is 2.35 bits per heavy atom. The molecule has 0 spiro atoms. The minimum Gasteiger partial charge on any atom is -0.348 e. The highest BCUT2D eigenvalue weighted by atomic mass is 16.1. The van der Waals surface area contributed by atoms with Crippen LogP contribution in [0.3, 0.4) is 0 Å². The summed E-state index contributed by atoms with van der Waals surface area (Å²) in [6.45, 7) is 1.97. The largest absolute Gasteiger partial charge is 0.348 e. The number of carbonyl (C=O) groups excluding carboxylic acids is 1. The quantitative estimate of drug-likeness (QED) is 0.799. The molecule has 17 heavy (non-hydrogen) atoms. The number of benzene rings is 1. The van der Waals surface area contributed by atoms with Crippen LogP contribution in [0.2, 0.25) is 0 Å². The first-order chi connectivity index (χ1) is 8.21. The summed E-state index contributed by atoms with van der Waals surface area (Å²) in [4.78, 5) is 11.9. The SMILES string of the molecule is C#CCC(CC)NC(=O)c1cccc(C#N)c1. The lowest BCUT2D eigenvalue weighted by Crippen LogP contribution is -2.34. The third-order valence-corrected chi connectivity index (χ3v) is 2.45. The Hall–Kier alpha value is -2.26. The van der Waals surface area contributed by atoms with Crippen LogP contribution < -0.4 is 5.32 Å². The van der Waals surface area contributed by atoms with E-state index in [-0.39, 0.29) is 11.9 Å². The third-order valence-electron chi connectivity index (χ3n) is 2.45. The van der Waals surface area contributed by atoms with Crippen LogP contribution in [-0.2, 0) is 0 Å². The van der Waals surface area contributed by atoms with Gasteiger partial charge in [-0.1, -0.05) is 13.0 Å². The van der Waals surface area contributed by atoms with E-state index in [0.717, 1.165) is 6.42 Å². The average molecular weight is 226 g/mol. The zero-order chi connectivity index (χ0) is 12.7. The molecule has 3 nitrogen and oxygen atoms in total. The second-order valence-corrected chi connectivity index (χ2v) is 3.68. The standard InChI is InChI=1S/C14H14N2O/c1-3-6-13(4-2)16-14(17)12-8-5-7-11(9-12)10-15/h1,5,7-9,13H,4,6H2,2H3,(H,16,17). The molecule has 0 aliphatic heterocycles. The van der Waals surface area contributed by atoms with E-state index in [4.69, 9.17) is 11.7 Å². The molecule has 0 bridgehead atoms. The maximum Gasteiger partial charge on any atom is 0.251 e. The molecule has 0 aromatic heterocycles. The Bertz CT molecular complexity index is 480. The smallest absolute Gasteiger partial charge is 0.251 e. The van der Waals surface area contributed by atoms with Crippen molar-refractivity contribution in [1.29, 1.82) is 5.26 Å². The molecule has 0 fully saturated rings. The lowest BCUT2D eigenvalue weighted by molar-refractivity contribution is 0.0936. The molecule has 1 aromatic rings. The lowest BCUT2D eigenvalue weighted by Gasteiger charge is -2.14. The van der Waals surface area contributed by atoms with Gasteiger partial charge < -0.3 is 5.32 Å². The van der Waals surface area contributed by atoms with Gasteiger partial charge in [0.1, 0.15) is 0 Å². The van der Waals surface area contributed by atoms with Crippen molar-refractivity contribution < 1.29 is 4.79 Å². The molecular formula is C14H14N2O. The van der Waals surface area contributed by atoms with Crippen LogP contribution in [0, 0.1) is 23.7 Å². The van der Waals surface area contributed by atoms with Crippen molar-refractivity contribution in [2.24, 2.45) is 0 Å². The summed E-state index contributed by atoms with van der Waals surface area (Å²) in [7, 11) is 0. The molecule has 1 rings (SSSR count). The van der Waals surface area contributed by atoms with E-state index in [1.807, 2.05) is 13.0 Å². The molecule has 0 saturated carbocycles. The van der Waals surface area contributed by atoms with Crippen LogP contribution in [0.25, 0.3) is 0 Å². The van der Waals surface area contributed by atoms with Crippen molar-refractivity contribution in [3.05, 3.63) is 35.4 Å². The average Bonchev–Trinajstić information content (AvgIpc) is 2.38. The molecule has 3 heteroatoms. The van der Waals surface area contributed by atoms with Gasteiger partial charge in [0.15, 0.2) is 0 Å². The van der Waals surface area contributed by atoms with Gasteiger partial charge in [-0.25, -0.2) is 0 Å². The van der Waals surface area contributed by atoms with Crippen molar-refractivity contribution in [1.82, 2.24) is 5.32 Å². The fourth-order valence-electron chi connectivity index (χ4n) is 1.44. The summed E-state index contributed by atoms with van der Waals surface area (Å²) in [6, 6.07) is 8.59. The van der Waals surface area contributed by atoms with E-state index < -0.39 is 0 Å². The van der Waals surface area contributed by atoms with Gasteiger partial charge in [-0.15, -0.1) is 12.3 Å². The highest BCUT2D eigenvalue weighted by Crippen LogP contribution is 2.05. The molecule has 0 radical (unpaired) electrons. The van der Waals surface area contributed by atoms with E-state index >= 15 is 0 Å². The van der Waals surface area contributed by atoms with E-state index in [1.54, 1.807) is 24.3 Å². The van der Waals surface area contributed by atoms with Crippen LogP contribution in [0.1, 0.15) is 35.7 Å². The topological polar surface area (TPSA) is 52.9 Å². The molecule has 0 aliphatic carbocycles. The molecule has 0 saturated heterocycles. The molecule has 0 heterocycles. The Labute approximate surface area is 101 Å². The minimum absolute atomic E-state index is 0.0155. The molecule has 1 atom stereocenters. The van der Waals surface area contributed by atoms with Crippen molar-refractivity contribution in [3.63, 3.8) is 0 Å². The van der Waals surface area contributed by atoms with Crippen LogP contribution in [-0.4, -0.2) is 11.9 Å². The van der Waals surface area contributed by atoms with Crippen molar-refractivity contribution in [2.75, 3.05) is 0 Å². The highest BCUT2D eigenvalue weighted by molar-refractivity contribution is 5.94. The van der Waals surface area contributed by atoms with Gasteiger partial charge in [-0.2, -0.15) is 5.26 Å². The van der Waals surface area contributed by atoms with Crippen molar-refractivity contribution in [2.45, 2.75) is 25.8 Å². The molecule has 1 N–H and O–H groups in total. The fraction of sp³-hybridized carbons (Fsp3) is 0.286.